The molecule has 6 nitrogen and oxygen atoms in total. The summed E-state index contributed by atoms with van der Waals surface area (Å²) in [5.41, 5.74) is 0. The lowest BCUT2D eigenvalue weighted by Gasteiger charge is -2.18. The first-order valence-electron chi connectivity index (χ1n) is 29.1. The van der Waals surface area contributed by atoms with Crippen molar-refractivity contribution in [2.24, 2.45) is 0 Å². The number of esters is 3. The Morgan fingerprint density at radius 1 is 0.299 bits per heavy atom. The number of hydrogen-bond acceptors (Lipinski definition) is 6. The van der Waals surface area contributed by atoms with Crippen LogP contribution >= 0.6 is 0 Å². The van der Waals surface area contributed by atoms with Crippen LogP contribution in [0.5, 0.6) is 0 Å². The minimum atomic E-state index is -0.782. The number of allylic oxidation sites excluding steroid dienone is 8. The minimum absolute atomic E-state index is 0.0791. The smallest absolute Gasteiger partial charge is 0.306 e. The molecule has 0 spiro atoms. The summed E-state index contributed by atoms with van der Waals surface area (Å²) in [6, 6.07) is 0. The van der Waals surface area contributed by atoms with E-state index in [0.29, 0.717) is 19.3 Å². The van der Waals surface area contributed by atoms with Crippen molar-refractivity contribution in [2.75, 3.05) is 13.2 Å². The van der Waals surface area contributed by atoms with Gasteiger partial charge >= 0.3 is 17.9 Å². The Hall–Kier alpha value is -2.63. The molecule has 6 heteroatoms. The molecule has 390 valence electrons. The van der Waals surface area contributed by atoms with Gasteiger partial charge in [0, 0.05) is 19.3 Å². The Balaban J connectivity index is 4.37. The molecule has 0 aliphatic rings. The highest BCUT2D eigenvalue weighted by Gasteiger charge is 2.19. The van der Waals surface area contributed by atoms with Crippen LogP contribution in [0.4, 0.5) is 0 Å². The lowest BCUT2D eigenvalue weighted by Crippen LogP contribution is -2.30. The molecule has 0 rings (SSSR count). The highest BCUT2D eigenvalue weighted by atomic mass is 16.6. The van der Waals surface area contributed by atoms with Crippen molar-refractivity contribution in [3.63, 3.8) is 0 Å². The molecule has 0 unspecified atom stereocenters. The van der Waals surface area contributed by atoms with Crippen LogP contribution in [0, 0.1) is 0 Å². The SMILES string of the molecule is CCCCC/C=C\C/C=C\C/C=C\C/C=C\CCCCCC(=O)OC[C@@H](COC(=O)CCCCCCCCCCCCCC)OC(=O)CCCCCCCCCCCCCCCCCCCC. The van der Waals surface area contributed by atoms with Gasteiger partial charge in [-0.3, -0.25) is 14.4 Å². The first-order valence-corrected chi connectivity index (χ1v) is 29.1. The average Bonchev–Trinajstić information content (AvgIpc) is 3.33. The third kappa shape index (κ3) is 54.2. The molecular formula is C61H110O6. The molecule has 0 aromatic carbocycles. The van der Waals surface area contributed by atoms with Gasteiger partial charge in [-0.2, -0.15) is 0 Å². The van der Waals surface area contributed by atoms with E-state index in [2.05, 4.69) is 69.4 Å². The topological polar surface area (TPSA) is 78.9 Å². The van der Waals surface area contributed by atoms with Crippen molar-refractivity contribution in [1.29, 1.82) is 0 Å². The number of carbonyl (C=O) groups is 3. The standard InChI is InChI=1S/C61H110O6/c1-4-7-10-13-16-19-22-25-27-29-31-33-34-36-39-42-45-48-51-54-60(63)66-57-58(56-65-59(62)53-50-47-44-41-38-24-21-18-15-12-9-6-3)67-61(64)55-52-49-46-43-40-37-35-32-30-28-26-23-20-17-14-11-8-5-2/h16,19,25,27,31,33,36,39,58H,4-15,17-18,20-24,26,28-30,32,34-35,37-38,40-57H2,1-3H3/b19-16-,27-25-,33-31-,39-36-/t58-/m1/s1. The molecule has 0 aromatic heterocycles. The predicted octanol–water partition coefficient (Wildman–Crippen LogP) is 19.4. The zero-order valence-corrected chi connectivity index (χ0v) is 44.7. The Morgan fingerprint density at radius 2 is 0.537 bits per heavy atom. The molecule has 0 heterocycles. The molecule has 0 saturated carbocycles. The zero-order chi connectivity index (χ0) is 48.6. The van der Waals surface area contributed by atoms with E-state index in [9.17, 15) is 14.4 Å². The first kappa shape index (κ1) is 64.4. The van der Waals surface area contributed by atoms with E-state index in [1.165, 1.54) is 180 Å². The third-order valence-corrected chi connectivity index (χ3v) is 12.8. The highest BCUT2D eigenvalue weighted by Crippen LogP contribution is 2.17. The molecule has 0 aliphatic carbocycles. The van der Waals surface area contributed by atoms with Gasteiger partial charge in [0.2, 0.25) is 0 Å². The molecule has 1 atom stereocenters. The van der Waals surface area contributed by atoms with Crippen LogP contribution in [0.2, 0.25) is 0 Å². The van der Waals surface area contributed by atoms with Gasteiger partial charge in [-0.1, -0.05) is 268 Å². The van der Waals surface area contributed by atoms with E-state index >= 15 is 0 Å². The lowest BCUT2D eigenvalue weighted by molar-refractivity contribution is -0.167. The van der Waals surface area contributed by atoms with E-state index in [1.54, 1.807) is 0 Å². The second-order valence-corrected chi connectivity index (χ2v) is 19.6. The quantitative estimate of drug-likeness (QED) is 0.0262. The van der Waals surface area contributed by atoms with Gasteiger partial charge in [0.25, 0.3) is 0 Å². The summed E-state index contributed by atoms with van der Waals surface area (Å²) < 4.78 is 16.9. The molecule has 0 bridgehead atoms. The Morgan fingerprint density at radius 3 is 0.866 bits per heavy atom. The summed E-state index contributed by atoms with van der Waals surface area (Å²) in [6.07, 6.45) is 68.1. The molecule has 0 N–H and O–H groups in total. The van der Waals surface area contributed by atoms with Gasteiger partial charge in [-0.05, 0) is 64.2 Å². The molecule has 0 radical (unpaired) electrons. The molecule has 67 heavy (non-hydrogen) atoms. The first-order chi connectivity index (χ1) is 33.0. The van der Waals surface area contributed by atoms with Crippen LogP contribution in [0.3, 0.4) is 0 Å². The highest BCUT2D eigenvalue weighted by molar-refractivity contribution is 5.71. The summed E-state index contributed by atoms with van der Waals surface area (Å²) >= 11 is 0. The minimum Gasteiger partial charge on any atom is -0.462 e. The van der Waals surface area contributed by atoms with Crippen molar-refractivity contribution in [2.45, 2.75) is 309 Å². The average molecular weight is 940 g/mol. The number of carbonyl (C=O) groups excluding carboxylic acids is 3. The molecule has 0 amide bonds. The van der Waals surface area contributed by atoms with Crippen LogP contribution in [-0.2, 0) is 28.6 Å². The van der Waals surface area contributed by atoms with Crippen LogP contribution in [-0.4, -0.2) is 37.2 Å². The number of hydrogen-bond donors (Lipinski definition) is 0. The van der Waals surface area contributed by atoms with Crippen molar-refractivity contribution in [3.05, 3.63) is 48.6 Å². The molecule has 0 aliphatic heterocycles. The summed E-state index contributed by atoms with van der Waals surface area (Å²) in [7, 11) is 0. The van der Waals surface area contributed by atoms with E-state index in [0.717, 1.165) is 83.5 Å². The van der Waals surface area contributed by atoms with Crippen LogP contribution in [0.25, 0.3) is 0 Å². The monoisotopic (exact) mass is 939 g/mol. The van der Waals surface area contributed by atoms with Crippen LogP contribution < -0.4 is 0 Å². The number of ether oxygens (including phenoxy) is 3. The second kappa shape index (κ2) is 56.0. The summed E-state index contributed by atoms with van der Waals surface area (Å²) in [4.78, 5) is 38.1. The van der Waals surface area contributed by atoms with Crippen molar-refractivity contribution in [1.82, 2.24) is 0 Å². The van der Waals surface area contributed by atoms with E-state index in [4.69, 9.17) is 14.2 Å². The maximum atomic E-state index is 12.9. The third-order valence-electron chi connectivity index (χ3n) is 12.8. The number of unbranched alkanes of at least 4 members (excludes halogenated alkanes) is 34. The number of rotatable bonds is 53. The molecule has 0 aromatic rings. The van der Waals surface area contributed by atoms with Crippen LogP contribution in [0.15, 0.2) is 48.6 Å². The largest absolute Gasteiger partial charge is 0.462 e. The van der Waals surface area contributed by atoms with Crippen molar-refractivity contribution >= 4 is 17.9 Å². The Bertz CT molecular complexity index is 1170. The van der Waals surface area contributed by atoms with Gasteiger partial charge in [0.15, 0.2) is 6.10 Å². The van der Waals surface area contributed by atoms with E-state index < -0.39 is 6.10 Å². The van der Waals surface area contributed by atoms with Gasteiger partial charge in [0.05, 0.1) is 0 Å². The van der Waals surface area contributed by atoms with Crippen molar-refractivity contribution < 1.29 is 28.6 Å². The fourth-order valence-electron chi connectivity index (χ4n) is 8.43. The van der Waals surface area contributed by atoms with Crippen LogP contribution in [0.1, 0.15) is 303 Å². The second-order valence-electron chi connectivity index (χ2n) is 19.6. The lowest BCUT2D eigenvalue weighted by atomic mass is 10.0. The normalized spacial score (nSPS) is 12.3. The molecule has 0 saturated heterocycles. The van der Waals surface area contributed by atoms with Gasteiger partial charge < -0.3 is 14.2 Å². The maximum Gasteiger partial charge on any atom is 0.306 e. The van der Waals surface area contributed by atoms with Gasteiger partial charge in [-0.15, -0.1) is 0 Å². The predicted molar refractivity (Wildman–Crippen MR) is 289 cm³/mol. The maximum absolute atomic E-state index is 12.9. The zero-order valence-electron chi connectivity index (χ0n) is 44.7. The van der Waals surface area contributed by atoms with E-state index in [1.807, 2.05) is 0 Å². The van der Waals surface area contributed by atoms with E-state index in [-0.39, 0.29) is 31.1 Å². The Kier molecular flexibility index (Phi) is 53.8. The summed E-state index contributed by atoms with van der Waals surface area (Å²) in [5.74, 6) is -0.895. The molecule has 0 fully saturated rings. The summed E-state index contributed by atoms with van der Waals surface area (Å²) in [5, 5.41) is 0. The van der Waals surface area contributed by atoms with Crippen molar-refractivity contribution in [3.8, 4) is 0 Å². The van der Waals surface area contributed by atoms with Gasteiger partial charge in [0.1, 0.15) is 13.2 Å². The summed E-state index contributed by atoms with van der Waals surface area (Å²) in [6.45, 7) is 6.62. The van der Waals surface area contributed by atoms with Gasteiger partial charge in [-0.25, -0.2) is 0 Å². The fraction of sp³-hybridized carbons (Fsp3) is 0.820. The fourth-order valence-corrected chi connectivity index (χ4v) is 8.43. The molecular weight excluding hydrogens is 829 g/mol. The Labute approximate surface area is 416 Å².